The number of aryl methyl sites for hydroxylation is 1. The lowest BCUT2D eigenvalue weighted by molar-refractivity contribution is -0.119. The highest BCUT2D eigenvalue weighted by Crippen LogP contribution is 2.17. The molecule has 0 radical (unpaired) electrons. The van der Waals surface area contributed by atoms with Crippen molar-refractivity contribution in [2.75, 3.05) is 0 Å². The van der Waals surface area contributed by atoms with E-state index in [-0.39, 0.29) is 16.6 Å². The number of carbonyl (C=O) groups excluding carboxylic acids is 1. The van der Waals surface area contributed by atoms with Gasteiger partial charge in [-0.05, 0) is 37.0 Å². The van der Waals surface area contributed by atoms with Gasteiger partial charge in [0.05, 0.1) is 5.02 Å². The van der Waals surface area contributed by atoms with Gasteiger partial charge in [-0.3, -0.25) is 4.79 Å². The SMILES string of the molecule is CCCC(=O)CCCc1ccc(Cl)c(F)c1. The normalized spacial score (nSPS) is 10.4. The van der Waals surface area contributed by atoms with Crippen LogP contribution in [0.4, 0.5) is 4.39 Å². The van der Waals surface area contributed by atoms with Crippen LogP contribution in [0.5, 0.6) is 0 Å². The zero-order valence-electron chi connectivity index (χ0n) is 9.43. The van der Waals surface area contributed by atoms with E-state index in [9.17, 15) is 9.18 Å². The fourth-order valence-electron chi connectivity index (χ4n) is 1.59. The highest BCUT2D eigenvalue weighted by Gasteiger charge is 2.03. The maximum atomic E-state index is 13.1. The van der Waals surface area contributed by atoms with E-state index in [0.29, 0.717) is 12.8 Å². The van der Waals surface area contributed by atoms with Crippen LogP contribution in [0.15, 0.2) is 18.2 Å². The fraction of sp³-hybridized carbons (Fsp3) is 0.462. The maximum Gasteiger partial charge on any atom is 0.142 e. The smallest absolute Gasteiger partial charge is 0.142 e. The Kier molecular flexibility index (Phi) is 5.47. The van der Waals surface area contributed by atoms with Crippen molar-refractivity contribution in [3.05, 3.63) is 34.6 Å². The second kappa shape index (κ2) is 6.64. The Bertz CT molecular complexity index is 363. The fourth-order valence-corrected chi connectivity index (χ4v) is 1.71. The van der Waals surface area contributed by atoms with Crippen LogP contribution in [0.25, 0.3) is 0 Å². The summed E-state index contributed by atoms with van der Waals surface area (Å²) in [5.41, 5.74) is 0.895. The van der Waals surface area contributed by atoms with Gasteiger partial charge in [0.25, 0.3) is 0 Å². The van der Waals surface area contributed by atoms with Gasteiger partial charge < -0.3 is 0 Å². The molecule has 16 heavy (non-hydrogen) atoms. The second-order valence-corrected chi connectivity index (χ2v) is 4.30. The van der Waals surface area contributed by atoms with Gasteiger partial charge in [-0.15, -0.1) is 0 Å². The van der Waals surface area contributed by atoms with Gasteiger partial charge in [-0.2, -0.15) is 0 Å². The van der Waals surface area contributed by atoms with Crippen molar-refractivity contribution in [3.63, 3.8) is 0 Å². The summed E-state index contributed by atoms with van der Waals surface area (Å²) >= 11 is 5.58. The Morgan fingerprint density at radius 2 is 2.12 bits per heavy atom. The van der Waals surface area contributed by atoms with Gasteiger partial charge in [0.2, 0.25) is 0 Å². The van der Waals surface area contributed by atoms with Crippen molar-refractivity contribution in [1.82, 2.24) is 0 Å². The summed E-state index contributed by atoms with van der Waals surface area (Å²) in [6.07, 6.45) is 3.63. The first-order valence-corrected chi connectivity index (χ1v) is 5.97. The van der Waals surface area contributed by atoms with E-state index in [4.69, 9.17) is 11.6 Å². The van der Waals surface area contributed by atoms with Crippen molar-refractivity contribution >= 4 is 17.4 Å². The minimum atomic E-state index is -0.390. The number of halogens is 2. The van der Waals surface area contributed by atoms with E-state index in [2.05, 4.69) is 0 Å². The Balaban J connectivity index is 2.37. The standard InChI is InChI=1S/C13H16ClFO/c1-2-4-11(16)6-3-5-10-7-8-12(14)13(15)9-10/h7-9H,2-6H2,1H3. The zero-order valence-corrected chi connectivity index (χ0v) is 10.2. The summed E-state index contributed by atoms with van der Waals surface area (Å²) in [6, 6.07) is 4.79. The second-order valence-electron chi connectivity index (χ2n) is 3.89. The summed E-state index contributed by atoms with van der Waals surface area (Å²) in [5.74, 6) is -0.101. The van der Waals surface area contributed by atoms with E-state index in [0.717, 1.165) is 24.8 Å². The van der Waals surface area contributed by atoms with E-state index < -0.39 is 0 Å². The molecule has 0 amide bonds. The van der Waals surface area contributed by atoms with Crippen molar-refractivity contribution in [3.8, 4) is 0 Å². The molecule has 1 aromatic rings. The van der Waals surface area contributed by atoms with E-state index >= 15 is 0 Å². The number of hydrogen-bond acceptors (Lipinski definition) is 1. The molecule has 0 saturated carbocycles. The highest BCUT2D eigenvalue weighted by molar-refractivity contribution is 6.30. The molecule has 1 aromatic carbocycles. The molecule has 1 nitrogen and oxygen atoms in total. The molecule has 0 aliphatic carbocycles. The molecule has 88 valence electrons. The van der Waals surface area contributed by atoms with Gasteiger partial charge >= 0.3 is 0 Å². The molecule has 0 unspecified atom stereocenters. The van der Waals surface area contributed by atoms with Gasteiger partial charge in [-0.1, -0.05) is 24.6 Å². The Hall–Kier alpha value is -0.890. The summed E-state index contributed by atoms with van der Waals surface area (Å²) < 4.78 is 13.1. The van der Waals surface area contributed by atoms with Gasteiger partial charge in [-0.25, -0.2) is 4.39 Å². The average Bonchev–Trinajstić information content (AvgIpc) is 2.24. The van der Waals surface area contributed by atoms with Crippen LogP contribution in [-0.2, 0) is 11.2 Å². The predicted molar refractivity (Wildman–Crippen MR) is 64.3 cm³/mol. The minimum absolute atomic E-state index is 0.144. The quantitative estimate of drug-likeness (QED) is 0.732. The molecule has 0 fully saturated rings. The van der Waals surface area contributed by atoms with E-state index in [1.54, 1.807) is 12.1 Å². The van der Waals surface area contributed by atoms with Gasteiger partial charge in [0, 0.05) is 12.8 Å². The van der Waals surface area contributed by atoms with Crippen molar-refractivity contribution in [2.45, 2.75) is 39.0 Å². The number of rotatable bonds is 6. The topological polar surface area (TPSA) is 17.1 Å². The molecule has 0 heterocycles. The number of carbonyl (C=O) groups is 1. The van der Waals surface area contributed by atoms with Gasteiger partial charge in [0.1, 0.15) is 11.6 Å². The molecule has 1 rings (SSSR count). The molecule has 0 aliphatic heterocycles. The molecule has 0 N–H and O–H groups in total. The van der Waals surface area contributed by atoms with Crippen LogP contribution in [-0.4, -0.2) is 5.78 Å². The number of hydrogen-bond donors (Lipinski definition) is 0. The zero-order chi connectivity index (χ0) is 12.0. The molecule has 0 aromatic heterocycles. The first kappa shape index (κ1) is 13.2. The monoisotopic (exact) mass is 242 g/mol. The molecule has 0 saturated heterocycles. The van der Waals surface area contributed by atoms with Crippen molar-refractivity contribution in [1.29, 1.82) is 0 Å². The Morgan fingerprint density at radius 1 is 1.38 bits per heavy atom. The third-order valence-electron chi connectivity index (χ3n) is 2.43. The van der Waals surface area contributed by atoms with Crippen molar-refractivity contribution in [2.24, 2.45) is 0 Å². The van der Waals surface area contributed by atoms with Crippen LogP contribution in [0.3, 0.4) is 0 Å². The Morgan fingerprint density at radius 3 is 2.75 bits per heavy atom. The molecule has 0 spiro atoms. The molecule has 0 atom stereocenters. The number of ketones is 1. The molecular formula is C13H16ClFO. The predicted octanol–water partition coefficient (Wildman–Crippen LogP) is 4.17. The van der Waals surface area contributed by atoms with Crippen LogP contribution >= 0.6 is 11.6 Å². The van der Waals surface area contributed by atoms with Crippen LogP contribution in [0.2, 0.25) is 5.02 Å². The molecule has 0 aliphatic rings. The van der Waals surface area contributed by atoms with Crippen LogP contribution < -0.4 is 0 Å². The first-order valence-electron chi connectivity index (χ1n) is 5.59. The van der Waals surface area contributed by atoms with E-state index in [1.165, 1.54) is 6.07 Å². The third kappa shape index (κ3) is 4.31. The van der Waals surface area contributed by atoms with Crippen molar-refractivity contribution < 1.29 is 9.18 Å². The lowest BCUT2D eigenvalue weighted by Gasteiger charge is -2.02. The number of benzene rings is 1. The Labute approximate surface area is 101 Å². The highest BCUT2D eigenvalue weighted by atomic mass is 35.5. The third-order valence-corrected chi connectivity index (χ3v) is 2.74. The first-order chi connectivity index (χ1) is 7.63. The maximum absolute atomic E-state index is 13.1. The number of Topliss-reactive ketones (excluding diaryl/α,β-unsaturated/α-hetero) is 1. The van der Waals surface area contributed by atoms with Gasteiger partial charge in [0.15, 0.2) is 0 Å². The lowest BCUT2D eigenvalue weighted by atomic mass is 10.0. The van der Waals surface area contributed by atoms with Crippen LogP contribution in [0.1, 0.15) is 38.2 Å². The largest absolute Gasteiger partial charge is 0.300 e. The summed E-state index contributed by atoms with van der Waals surface area (Å²) in [5, 5.41) is 0.144. The van der Waals surface area contributed by atoms with E-state index in [1.807, 2.05) is 6.92 Å². The molecule has 0 bridgehead atoms. The summed E-state index contributed by atoms with van der Waals surface area (Å²) in [7, 11) is 0. The average molecular weight is 243 g/mol. The molecular weight excluding hydrogens is 227 g/mol. The van der Waals surface area contributed by atoms with Crippen LogP contribution in [0, 0.1) is 5.82 Å². The minimum Gasteiger partial charge on any atom is -0.300 e. The lowest BCUT2D eigenvalue weighted by Crippen LogP contribution is -1.98. The summed E-state index contributed by atoms with van der Waals surface area (Å²) in [4.78, 5) is 11.3. The summed E-state index contributed by atoms with van der Waals surface area (Å²) in [6.45, 7) is 1.99. The molecule has 3 heteroatoms.